The molecule has 1 aromatic rings. The first-order valence-corrected chi connectivity index (χ1v) is 9.71. The van der Waals surface area contributed by atoms with Crippen molar-refractivity contribution in [1.82, 2.24) is 9.62 Å². The summed E-state index contributed by atoms with van der Waals surface area (Å²) in [7, 11) is -3.59. The van der Waals surface area contributed by atoms with Gasteiger partial charge in [0.2, 0.25) is 10.0 Å². The van der Waals surface area contributed by atoms with Crippen LogP contribution in [0.2, 0.25) is 0 Å². The number of carboxylic acid groups (broad SMARTS) is 1. The van der Waals surface area contributed by atoms with Crippen molar-refractivity contribution in [2.45, 2.75) is 45.1 Å². The van der Waals surface area contributed by atoms with Crippen LogP contribution in [0.1, 0.15) is 44.5 Å². The zero-order chi connectivity index (χ0) is 19.2. The van der Waals surface area contributed by atoms with Gasteiger partial charge in [-0.2, -0.15) is 4.31 Å². The van der Waals surface area contributed by atoms with Crippen LogP contribution < -0.4 is 5.32 Å². The summed E-state index contributed by atoms with van der Waals surface area (Å²) in [6.07, 6.45) is 0.315. The van der Waals surface area contributed by atoms with Crippen LogP contribution in [0.3, 0.4) is 0 Å². The van der Waals surface area contributed by atoms with Gasteiger partial charge in [0.1, 0.15) is 6.04 Å². The zero-order valence-electron chi connectivity index (χ0n) is 15.0. The number of carboxylic acids is 1. The summed E-state index contributed by atoms with van der Waals surface area (Å²) in [6.45, 7) is 7.96. The van der Waals surface area contributed by atoms with E-state index < -0.39 is 27.9 Å². The smallest absolute Gasteiger partial charge is 0.326 e. The second-order valence-electron chi connectivity index (χ2n) is 6.11. The zero-order valence-corrected chi connectivity index (χ0v) is 15.8. The lowest BCUT2D eigenvalue weighted by Gasteiger charge is -2.19. The van der Waals surface area contributed by atoms with Crippen LogP contribution in [0.5, 0.6) is 0 Å². The highest BCUT2D eigenvalue weighted by Gasteiger charge is 2.24. The Labute approximate surface area is 149 Å². The summed E-state index contributed by atoms with van der Waals surface area (Å²) in [5.74, 6) is -1.52. The number of benzene rings is 1. The van der Waals surface area contributed by atoms with Crippen molar-refractivity contribution in [2.24, 2.45) is 5.92 Å². The van der Waals surface area contributed by atoms with Gasteiger partial charge in [0, 0.05) is 18.7 Å². The lowest BCUT2D eigenvalue weighted by atomic mass is 10.0. The van der Waals surface area contributed by atoms with Crippen LogP contribution >= 0.6 is 0 Å². The van der Waals surface area contributed by atoms with Gasteiger partial charge >= 0.3 is 5.97 Å². The normalized spacial score (nSPS) is 13.0. The third-order valence-corrected chi connectivity index (χ3v) is 5.83. The van der Waals surface area contributed by atoms with E-state index in [1.807, 2.05) is 13.8 Å². The van der Waals surface area contributed by atoms with E-state index in [2.05, 4.69) is 5.32 Å². The van der Waals surface area contributed by atoms with E-state index >= 15 is 0 Å². The minimum absolute atomic E-state index is 0.102. The predicted octanol–water partition coefficient (Wildman–Crippen LogP) is 1.95. The number of hydrogen-bond donors (Lipinski definition) is 2. The third kappa shape index (κ3) is 5.54. The van der Waals surface area contributed by atoms with Gasteiger partial charge in [-0.1, -0.05) is 27.7 Å². The van der Waals surface area contributed by atoms with Crippen molar-refractivity contribution < 1.29 is 23.1 Å². The van der Waals surface area contributed by atoms with Crippen LogP contribution in [0, 0.1) is 5.92 Å². The lowest BCUT2D eigenvalue weighted by Crippen LogP contribution is -2.41. The lowest BCUT2D eigenvalue weighted by molar-refractivity contribution is -0.139. The van der Waals surface area contributed by atoms with Gasteiger partial charge in [0.25, 0.3) is 5.91 Å². The molecule has 0 saturated heterocycles. The number of amides is 1. The monoisotopic (exact) mass is 370 g/mol. The topological polar surface area (TPSA) is 104 Å². The van der Waals surface area contributed by atoms with E-state index in [4.69, 9.17) is 0 Å². The molecule has 8 heteroatoms. The van der Waals surface area contributed by atoms with Crippen LogP contribution in [0.4, 0.5) is 0 Å². The first-order chi connectivity index (χ1) is 11.6. The van der Waals surface area contributed by atoms with Gasteiger partial charge in [-0.05, 0) is 36.6 Å². The predicted molar refractivity (Wildman–Crippen MR) is 94.9 cm³/mol. The van der Waals surface area contributed by atoms with Crippen LogP contribution in [-0.4, -0.2) is 48.8 Å². The SMILES string of the molecule is CCN(CC)S(=O)(=O)c1ccc(C(=O)NC(CC(C)C)C(=O)O)cc1. The van der Waals surface area contributed by atoms with Crippen LogP contribution in [0.25, 0.3) is 0 Å². The molecular formula is C17H26N2O5S. The second kappa shape index (κ2) is 8.96. The Hall–Kier alpha value is -1.93. The fraction of sp³-hybridized carbons (Fsp3) is 0.529. The van der Waals surface area contributed by atoms with E-state index in [0.717, 1.165) is 0 Å². The Morgan fingerprint density at radius 2 is 1.64 bits per heavy atom. The number of hydrogen-bond acceptors (Lipinski definition) is 4. The summed E-state index contributed by atoms with van der Waals surface area (Å²) < 4.78 is 26.1. The number of aliphatic carboxylic acids is 1. The molecule has 0 fully saturated rings. The molecule has 0 aliphatic heterocycles. The molecule has 25 heavy (non-hydrogen) atoms. The minimum Gasteiger partial charge on any atom is -0.480 e. The molecule has 0 radical (unpaired) electrons. The van der Waals surface area contributed by atoms with Gasteiger partial charge in [-0.3, -0.25) is 4.79 Å². The summed E-state index contributed by atoms with van der Waals surface area (Å²) >= 11 is 0. The van der Waals surface area contributed by atoms with E-state index in [1.165, 1.54) is 28.6 Å². The van der Waals surface area contributed by atoms with E-state index in [-0.39, 0.29) is 16.4 Å². The Bertz CT molecular complexity index is 694. The van der Waals surface area contributed by atoms with E-state index in [9.17, 15) is 23.1 Å². The van der Waals surface area contributed by atoms with Gasteiger partial charge in [-0.15, -0.1) is 0 Å². The maximum atomic E-state index is 12.4. The van der Waals surface area contributed by atoms with Gasteiger partial charge in [0.05, 0.1) is 4.90 Å². The summed E-state index contributed by atoms with van der Waals surface area (Å²) in [5, 5.41) is 11.7. The van der Waals surface area contributed by atoms with Crippen molar-refractivity contribution in [2.75, 3.05) is 13.1 Å². The molecule has 0 bridgehead atoms. The van der Waals surface area contributed by atoms with Crippen molar-refractivity contribution in [3.63, 3.8) is 0 Å². The first kappa shape index (κ1) is 21.1. The standard InChI is InChI=1S/C17H26N2O5S/c1-5-19(6-2)25(23,24)14-9-7-13(8-10-14)16(20)18-15(17(21)22)11-12(3)4/h7-10,12,15H,5-6,11H2,1-4H3,(H,18,20)(H,21,22). The first-order valence-electron chi connectivity index (χ1n) is 8.27. The second-order valence-corrected chi connectivity index (χ2v) is 8.05. The molecule has 2 N–H and O–H groups in total. The quantitative estimate of drug-likeness (QED) is 0.691. The summed E-state index contributed by atoms with van der Waals surface area (Å²) in [6, 6.07) is 4.52. The van der Waals surface area contributed by atoms with E-state index in [0.29, 0.717) is 19.5 Å². The number of rotatable bonds is 9. The van der Waals surface area contributed by atoms with Gasteiger partial charge in [0.15, 0.2) is 0 Å². The molecule has 0 aromatic heterocycles. The minimum atomic E-state index is -3.59. The molecule has 0 heterocycles. The number of carbonyl (C=O) groups excluding carboxylic acids is 1. The highest BCUT2D eigenvalue weighted by molar-refractivity contribution is 7.89. The molecule has 0 aliphatic rings. The molecule has 0 saturated carbocycles. The van der Waals surface area contributed by atoms with Crippen molar-refractivity contribution >= 4 is 21.9 Å². The van der Waals surface area contributed by atoms with Crippen LogP contribution in [0.15, 0.2) is 29.2 Å². The number of nitrogens with zero attached hydrogens (tertiary/aromatic N) is 1. The number of nitrogens with one attached hydrogen (secondary N) is 1. The molecule has 1 atom stereocenters. The molecule has 1 unspecified atom stereocenters. The van der Waals surface area contributed by atoms with Gasteiger partial charge < -0.3 is 10.4 Å². The summed E-state index contributed by atoms with van der Waals surface area (Å²) in [5.41, 5.74) is 0.216. The third-order valence-electron chi connectivity index (χ3n) is 3.77. The maximum Gasteiger partial charge on any atom is 0.326 e. The Morgan fingerprint density at radius 1 is 1.12 bits per heavy atom. The molecule has 7 nitrogen and oxygen atoms in total. The van der Waals surface area contributed by atoms with Crippen molar-refractivity contribution in [1.29, 1.82) is 0 Å². The highest BCUT2D eigenvalue weighted by atomic mass is 32.2. The van der Waals surface area contributed by atoms with Gasteiger partial charge in [-0.25, -0.2) is 13.2 Å². The maximum absolute atomic E-state index is 12.4. The molecule has 140 valence electrons. The number of carbonyl (C=O) groups is 2. The molecule has 1 aromatic carbocycles. The molecule has 1 amide bonds. The molecular weight excluding hydrogens is 344 g/mol. The average Bonchev–Trinajstić information content (AvgIpc) is 2.54. The average molecular weight is 370 g/mol. The highest BCUT2D eigenvalue weighted by Crippen LogP contribution is 2.16. The Morgan fingerprint density at radius 3 is 2.04 bits per heavy atom. The fourth-order valence-electron chi connectivity index (χ4n) is 2.43. The number of sulfonamides is 1. The van der Waals surface area contributed by atoms with Crippen LogP contribution in [-0.2, 0) is 14.8 Å². The molecule has 1 rings (SSSR count). The largest absolute Gasteiger partial charge is 0.480 e. The fourth-order valence-corrected chi connectivity index (χ4v) is 3.88. The Kier molecular flexibility index (Phi) is 7.57. The molecule has 0 spiro atoms. The molecule has 0 aliphatic carbocycles. The van der Waals surface area contributed by atoms with Crippen molar-refractivity contribution in [3.05, 3.63) is 29.8 Å². The Balaban J connectivity index is 2.95. The van der Waals surface area contributed by atoms with Crippen molar-refractivity contribution in [3.8, 4) is 0 Å². The van der Waals surface area contributed by atoms with E-state index in [1.54, 1.807) is 13.8 Å². The summed E-state index contributed by atoms with van der Waals surface area (Å²) in [4.78, 5) is 23.5.